The first kappa shape index (κ1) is 19.2. The third-order valence-corrected chi connectivity index (χ3v) is 6.97. The Kier molecular flexibility index (Phi) is 4.99. The number of hydrogen-bond acceptors (Lipinski definition) is 5. The van der Waals surface area contributed by atoms with Crippen LogP contribution in [0.4, 0.5) is 0 Å². The Hall–Kier alpha value is -2.79. The number of aryl methyl sites for hydroxylation is 3. The van der Waals surface area contributed by atoms with Crippen LogP contribution in [0.5, 0.6) is 11.6 Å². The lowest BCUT2D eigenvalue weighted by Gasteiger charge is -2.15. The maximum Gasteiger partial charge on any atom is 0.231 e. The van der Waals surface area contributed by atoms with Gasteiger partial charge in [0, 0.05) is 22.8 Å². The predicted molar refractivity (Wildman–Crippen MR) is 123 cm³/mol. The van der Waals surface area contributed by atoms with E-state index in [-0.39, 0.29) is 0 Å². The maximum atomic E-state index is 6.53. The number of thiophene rings is 1. The van der Waals surface area contributed by atoms with E-state index in [4.69, 9.17) is 14.7 Å². The molecular formula is C25H25N3OS. The molecule has 5 heteroatoms. The van der Waals surface area contributed by atoms with Crippen LogP contribution in [0.15, 0.2) is 42.7 Å². The molecule has 0 amide bonds. The van der Waals surface area contributed by atoms with Gasteiger partial charge >= 0.3 is 0 Å². The molecule has 1 aromatic carbocycles. The first-order chi connectivity index (χ1) is 14.6. The van der Waals surface area contributed by atoms with Crippen LogP contribution in [-0.2, 0) is 12.8 Å². The van der Waals surface area contributed by atoms with Crippen LogP contribution in [0.1, 0.15) is 54.2 Å². The van der Waals surface area contributed by atoms with Gasteiger partial charge in [0.15, 0.2) is 5.82 Å². The number of fused-ring (bicyclic) bond motifs is 3. The number of nitrogens with zero attached hydrogens (tertiary/aromatic N) is 3. The number of ether oxygens (including phenoxy) is 1. The van der Waals surface area contributed by atoms with Crippen molar-refractivity contribution < 1.29 is 4.74 Å². The fraction of sp³-hybridized carbons (Fsp3) is 0.320. The second kappa shape index (κ2) is 7.80. The van der Waals surface area contributed by atoms with E-state index >= 15 is 0 Å². The minimum Gasteiger partial charge on any atom is -0.438 e. The molecule has 0 saturated carbocycles. The quantitative estimate of drug-likeness (QED) is 0.365. The van der Waals surface area contributed by atoms with Crippen LogP contribution in [0.2, 0.25) is 0 Å². The van der Waals surface area contributed by atoms with Crippen molar-refractivity contribution in [2.24, 2.45) is 0 Å². The van der Waals surface area contributed by atoms with Gasteiger partial charge in [0.25, 0.3) is 0 Å². The van der Waals surface area contributed by atoms with Crippen LogP contribution in [-0.4, -0.2) is 15.0 Å². The molecule has 4 aromatic rings. The molecule has 5 rings (SSSR count). The summed E-state index contributed by atoms with van der Waals surface area (Å²) in [6.45, 7) is 6.49. The van der Waals surface area contributed by atoms with E-state index in [0.717, 1.165) is 39.9 Å². The Bertz CT molecular complexity index is 1210. The van der Waals surface area contributed by atoms with Crippen LogP contribution < -0.4 is 4.74 Å². The van der Waals surface area contributed by atoms with Crippen molar-refractivity contribution >= 4 is 21.6 Å². The van der Waals surface area contributed by atoms with Gasteiger partial charge in [0.2, 0.25) is 5.88 Å². The van der Waals surface area contributed by atoms with Crippen LogP contribution in [0.3, 0.4) is 0 Å². The number of hydrogen-bond donors (Lipinski definition) is 0. The number of aromatic nitrogens is 3. The van der Waals surface area contributed by atoms with Crippen molar-refractivity contribution in [3.63, 3.8) is 0 Å². The van der Waals surface area contributed by atoms with Crippen molar-refractivity contribution in [1.82, 2.24) is 15.0 Å². The average Bonchev–Trinajstić information content (AvgIpc) is 3.14. The smallest absolute Gasteiger partial charge is 0.231 e. The zero-order valence-corrected chi connectivity index (χ0v) is 18.4. The van der Waals surface area contributed by atoms with E-state index in [1.165, 1.54) is 28.8 Å². The summed E-state index contributed by atoms with van der Waals surface area (Å²) in [5, 5.41) is 1.09. The molecule has 0 spiro atoms. The molecule has 3 heterocycles. The molecule has 1 aliphatic rings. The zero-order chi connectivity index (χ0) is 20.7. The maximum absolute atomic E-state index is 6.53. The molecule has 0 N–H and O–H groups in total. The third-order valence-electron chi connectivity index (χ3n) is 5.79. The molecule has 4 nitrogen and oxygen atoms in total. The van der Waals surface area contributed by atoms with Gasteiger partial charge in [-0.3, -0.25) is 4.98 Å². The van der Waals surface area contributed by atoms with E-state index in [1.54, 1.807) is 17.5 Å². The highest BCUT2D eigenvalue weighted by Crippen LogP contribution is 2.42. The van der Waals surface area contributed by atoms with Gasteiger partial charge in [-0.05, 0) is 73.4 Å². The topological polar surface area (TPSA) is 47.9 Å². The molecule has 0 aliphatic heterocycles. The molecule has 152 valence electrons. The fourth-order valence-electron chi connectivity index (χ4n) is 4.01. The van der Waals surface area contributed by atoms with Gasteiger partial charge < -0.3 is 4.74 Å². The summed E-state index contributed by atoms with van der Waals surface area (Å²) in [4.78, 5) is 16.5. The van der Waals surface area contributed by atoms with Crippen molar-refractivity contribution in [2.75, 3.05) is 0 Å². The van der Waals surface area contributed by atoms with E-state index in [0.29, 0.717) is 17.6 Å². The first-order valence-corrected chi connectivity index (χ1v) is 11.4. The van der Waals surface area contributed by atoms with Gasteiger partial charge in [-0.25, -0.2) is 4.98 Å². The highest BCUT2D eigenvalue weighted by molar-refractivity contribution is 7.18. The molecule has 0 bridgehead atoms. The molecule has 30 heavy (non-hydrogen) atoms. The van der Waals surface area contributed by atoms with Crippen molar-refractivity contribution in [2.45, 2.75) is 52.4 Å². The Morgan fingerprint density at radius 1 is 1.07 bits per heavy atom. The molecule has 0 saturated heterocycles. The lowest BCUT2D eigenvalue weighted by Crippen LogP contribution is -2.01. The van der Waals surface area contributed by atoms with Crippen molar-refractivity contribution in [3.8, 4) is 23.0 Å². The molecule has 1 aliphatic carbocycles. The summed E-state index contributed by atoms with van der Waals surface area (Å²) in [5.41, 5.74) is 4.66. The molecule has 0 radical (unpaired) electrons. The van der Waals surface area contributed by atoms with E-state index in [2.05, 4.69) is 44.0 Å². The molecule has 0 unspecified atom stereocenters. The normalized spacial score (nSPS) is 13.6. The lowest BCUT2D eigenvalue weighted by atomic mass is 9.97. The Morgan fingerprint density at radius 2 is 1.93 bits per heavy atom. The zero-order valence-electron chi connectivity index (χ0n) is 17.6. The van der Waals surface area contributed by atoms with Gasteiger partial charge in [-0.2, -0.15) is 4.98 Å². The van der Waals surface area contributed by atoms with Gasteiger partial charge in [0.05, 0.1) is 5.39 Å². The molecule has 0 fully saturated rings. The van der Waals surface area contributed by atoms with E-state index in [9.17, 15) is 0 Å². The fourth-order valence-corrected chi connectivity index (χ4v) is 5.26. The summed E-state index contributed by atoms with van der Waals surface area (Å²) in [7, 11) is 0. The molecular weight excluding hydrogens is 390 g/mol. The van der Waals surface area contributed by atoms with Crippen molar-refractivity contribution in [1.29, 1.82) is 0 Å². The van der Waals surface area contributed by atoms with Crippen molar-refractivity contribution in [3.05, 3.63) is 64.3 Å². The summed E-state index contributed by atoms with van der Waals surface area (Å²) >= 11 is 1.79. The second-order valence-corrected chi connectivity index (χ2v) is 9.35. The largest absolute Gasteiger partial charge is 0.438 e. The monoisotopic (exact) mass is 415 g/mol. The number of pyridine rings is 1. The van der Waals surface area contributed by atoms with Crippen LogP contribution in [0, 0.1) is 6.92 Å². The summed E-state index contributed by atoms with van der Waals surface area (Å²) < 4.78 is 6.53. The third kappa shape index (κ3) is 3.47. The Labute approximate surface area is 181 Å². The Balaban J connectivity index is 1.69. The Morgan fingerprint density at radius 3 is 2.73 bits per heavy atom. The second-order valence-electron chi connectivity index (χ2n) is 8.27. The van der Waals surface area contributed by atoms with Crippen LogP contribution >= 0.6 is 11.3 Å². The standard InChI is InChI=1S/C25H25N3OS/c1-15(2)17-11-10-16(3)20(13-17)29-24-22-19-8-4-5-9-21(19)30-25(22)28-23(27-24)18-7-6-12-26-14-18/h6-7,10-15H,4-5,8-9H2,1-3H3. The average molecular weight is 416 g/mol. The minimum absolute atomic E-state index is 0.443. The minimum atomic E-state index is 0.443. The SMILES string of the molecule is Cc1ccc(C(C)C)cc1Oc1nc(-c2cccnc2)nc2sc3c(c12)CCCC3. The van der Waals surface area contributed by atoms with Gasteiger partial charge in [-0.15, -0.1) is 11.3 Å². The molecule has 0 atom stereocenters. The predicted octanol–water partition coefficient (Wildman–Crippen LogP) is 6.86. The number of rotatable bonds is 4. The molecule has 3 aromatic heterocycles. The summed E-state index contributed by atoms with van der Waals surface area (Å²) in [6, 6.07) is 10.4. The lowest BCUT2D eigenvalue weighted by molar-refractivity contribution is 0.464. The van der Waals surface area contributed by atoms with Crippen LogP contribution in [0.25, 0.3) is 21.6 Å². The highest BCUT2D eigenvalue weighted by atomic mass is 32.1. The summed E-state index contributed by atoms with van der Waals surface area (Å²) in [5.74, 6) is 2.65. The first-order valence-electron chi connectivity index (χ1n) is 10.6. The number of benzene rings is 1. The van der Waals surface area contributed by atoms with E-state index in [1.807, 2.05) is 18.3 Å². The van der Waals surface area contributed by atoms with Gasteiger partial charge in [0.1, 0.15) is 10.6 Å². The summed E-state index contributed by atoms with van der Waals surface area (Å²) in [6.07, 6.45) is 8.23. The van der Waals surface area contributed by atoms with E-state index < -0.39 is 0 Å². The van der Waals surface area contributed by atoms with Gasteiger partial charge in [-0.1, -0.05) is 26.0 Å². The highest BCUT2D eigenvalue weighted by Gasteiger charge is 2.23.